The maximum Gasteiger partial charge on any atom is 0.244 e. The first-order valence-electron chi connectivity index (χ1n) is 7.00. The fraction of sp³-hybridized carbons (Fsp3) is 0.533. The number of nitrogens with zero attached hydrogens (tertiary/aromatic N) is 1. The van der Waals surface area contributed by atoms with Gasteiger partial charge in [0, 0.05) is 17.5 Å². The lowest BCUT2D eigenvalue weighted by atomic mass is 10.0. The molecule has 4 heteroatoms. The molecule has 2 fully saturated rings. The van der Waals surface area contributed by atoms with Crippen LogP contribution >= 0.6 is 11.8 Å². The molecule has 102 valence electrons. The van der Waals surface area contributed by atoms with Gasteiger partial charge in [-0.25, -0.2) is 0 Å². The number of benzene rings is 1. The molecular weight excluding hydrogens is 256 g/mol. The Hall–Kier alpha value is -1.00. The Kier molecular flexibility index (Phi) is 3.80. The Balaban J connectivity index is 1.80. The number of thioether (sulfide) groups is 1. The summed E-state index contributed by atoms with van der Waals surface area (Å²) in [6, 6.07) is 8.80. The molecule has 1 aromatic rings. The quantitative estimate of drug-likeness (QED) is 0.858. The molecule has 0 aromatic heterocycles. The minimum Gasteiger partial charge on any atom is -0.310 e. The third kappa shape index (κ3) is 2.79. The van der Waals surface area contributed by atoms with Crippen molar-refractivity contribution in [3.8, 4) is 0 Å². The summed E-state index contributed by atoms with van der Waals surface area (Å²) in [5, 5.41) is 3.48. The zero-order chi connectivity index (χ0) is 13.2. The van der Waals surface area contributed by atoms with Crippen molar-refractivity contribution < 1.29 is 4.79 Å². The van der Waals surface area contributed by atoms with Crippen molar-refractivity contribution >= 4 is 23.4 Å². The zero-order valence-corrected chi connectivity index (χ0v) is 12.1. The fourth-order valence-electron chi connectivity index (χ4n) is 2.66. The van der Waals surface area contributed by atoms with Gasteiger partial charge in [0.1, 0.15) is 0 Å². The largest absolute Gasteiger partial charge is 0.310 e. The van der Waals surface area contributed by atoms with Crippen LogP contribution in [0.1, 0.15) is 25.7 Å². The van der Waals surface area contributed by atoms with Crippen LogP contribution in [0.5, 0.6) is 0 Å². The Morgan fingerprint density at radius 1 is 1.26 bits per heavy atom. The van der Waals surface area contributed by atoms with Crippen LogP contribution in [-0.2, 0) is 4.79 Å². The van der Waals surface area contributed by atoms with Gasteiger partial charge in [-0.1, -0.05) is 12.1 Å². The Bertz CT molecular complexity index is 473. The van der Waals surface area contributed by atoms with Crippen molar-refractivity contribution in [2.75, 3.05) is 17.7 Å². The highest BCUT2D eigenvalue weighted by Crippen LogP contribution is 2.31. The number of carbonyl (C=O) groups excluding carboxylic acids is 1. The molecule has 1 saturated heterocycles. The van der Waals surface area contributed by atoms with E-state index in [0.29, 0.717) is 6.04 Å². The summed E-state index contributed by atoms with van der Waals surface area (Å²) in [6.45, 7) is 0.846. The number of hydrogen-bond acceptors (Lipinski definition) is 3. The second kappa shape index (κ2) is 5.55. The number of piperidine rings is 1. The summed E-state index contributed by atoms with van der Waals surface area (Å²) in [5.41, 5.74) is 1.07. The molecule has 1 unspecified atom stereocenters. The summed E-state index contributed by atoms with van der Waals surface area (Å²) in [5.74, 6) is 0.250. The minimum atomic E-state index is 0.0242. The number of hydrogen-bond donors (Lipinski definition) is 1. The monoisotopic (exact) mass is 276 g/mol. The van der Waals surface area contributed by atoms with E-state index in [4.69, 9.17) is 0 Å². The molecule has 19 heavy (non-hydrogen) atoms. The number of amides is 1. The molecule has 1 aliphatic heterocycles. The summed E-state index contributed by atoms with van der Waals surface area (Å²) in [4.78, 5) is 15.8. The summed E-state index contributed by atoms with van der Waals surface area (Å²) < 4.78 is 0. The van der Waals surface area contributed by atoms with Crippen LogP contribution in [0.2, 0.25) is 0 Å². The van der Waals surface area contributed by atoms with Gasteiger partial charge in [-0.15, -0.1) is 11.8 Å². The Labute approximate surface area is 118 Å². The van der Waals surface area contributed by atoms with E-state index in [-0.39, 0.29) is 11.9 Å². The van der Waals surface area contributed by atoms with Gasteiger partial charge in [0.2, 0.25) is 5.91 Å². The van der Waals surface area contributed by atoms with Gasteiger partial charge >= 0.3 is 0 Å². The first-order chi connectivity index (χ1) is 9.29. The predicted octanol–water partition coefficient (Wildman–Crippen LogP) is 2.66. The lowest BCUT2D eigenvalue weighted by Crippen LogP contribution is -2.51. The number of para-hydroxylation sites is 1. The van der Waals surface area contributed by atoms with Gasteiger partial charge in [-0.3, -0.25) is 4.79 Å². The van der Waals surface area contributed by atoms with E-state index in [0.717, 1.165) is 25.1 Å². The van der Waals surface area contributed by atoms with E-state index in [1.165, 1.54) is 17.7 Å². The van der Waals surface area contributed by atoms with Crippen LogP contribution in [0.25, 0.3) is 0 Å². The third-order valence-corrected chi connectivity index (χ3v) is 4.61. The van der Waals surface area contributed by atoms with Crippen molar-refractivity contribution in [1.82, 2.24) is 5.32 Å². The average molecular weight is 276 g/mol. The van der Waals surface area contributed by atoms with Gasteiger partial charge < -0.3 is 10.2 Å². The highest BCUT2D eigenvalue weighted by atomic mass is 32.2. The molecule has 1 saturated carbocycles. The van der Waals surface area contributed by atoms with E-state index in [1.807, 2.05) is 17.0 Å². The van der Waals surface area contributed by atoms with E-state index < -0.39 is 0 Å². The molecule has 1 amide bonds. The standard InChI is InChI=1S/C15H20N2OS/c1-19-14-7-3-2-6-13(14)17-10-4-5-12(15(17)18)16-11-8-9-11/h2-3,6-7,11-12,16H,4-5,8-10H2,1H3. The van der Waals surface area contributed by atoms with E-state index in [1.54, 1.807) is 11.8 Å². The SMILES string of the molecule is CSc1ccccc1N1CCCC(NC2CC2)C1=O. The second-order valence-electron chi connectivity index (χ2n) is 5.30. The number of nitrogens with one attached hydrogen (secondary N) is 1. The van der Waals surface area contributed by atoms with Crippen molar-refractivity contribution in [2.24, 2.45) is 0 Å². The maximum absolute atomic E-state index is 12.6. The number of carbonyl (C=O) groups is 1. The second-order valence-corrected chi connectivity index (χ2v) is 6.15. The highest BCUT2D eigenvalue weighted by molar-refractivity contribution is 7.98. The van der Waals surface area contributed by atoms with Gasteiger partial charge in [-0.05, 0) is 44.1 Å². The number of rotatable bonds is 4. The summed E-state index contributed by atoms with van der Waals surface area (Å²) in [7, 11) is 0. The van der Waals surface area contributed by atoms with Crippen LogP contribution in [0.4, 0.5) is 5.69 Å². The molecule has 1 atom stereocenters. The van der Waals surface area contributed by atoms with Crippen molar-refractivity contribution in [3.63, 3.8) is 0 Å². The molecular formula is C15H20N2OS. The number of anilines is 1. The van der Waals surface area contributed by atoms with Crippen molar-refractivity contribution in [2.45, 2.75) is 42.7 Å². The molecule has 1 heterocycles. The molecule has 2 aliphatic rings. The minimum absolute atomic E-state index is 0.0242. The van der Waals surface area contributed by atoms with E-state index in [2.05, 4.69) is 23.7 Å². The predicted molar refractivity (Wildman–Crippen MR) is 79.8 cm³/mol. The smallest absolute Gasteiger partial charge is 0.244 e. The van der Waals surface area contributed by atoms with Crippen molar-refractivity contribution in [1.29, 1.82) is 0 Å². The zero-order valence-electron chi connectivity index (χ0n) is 11.3. The van der Waals surface area contributed by atoms with Crippen LogP contribution in [0, 0.1) is 0 Å². The third-order valence-electron chi connectivity index (χ3n) is 3.83. The molecule has 1 aliphatic carbocycles. The van der Waals surface area contributed by atoms with Crippen LogP contribution in [0.15, 0.2) is 29.2 Å². The molecule has 1 aromatic carbocycles. The Morgan fingerprint density at radius 2 is 2.05 bits per heavy atom. The molecule has 3 nitrogen and oxygen atoms in total. The van der Waals surface area contributed by atoms with E-state index in [9.17, 15) is 4.79 Å². The summed E-state index contributed by atoms with van der Waals surface area (Å²) in [6.07, 6.45) is 6.58. The van der Waals surface area contributed by atoms with Crippen LogP contribution in [-0.4, -0.2) is 30.8 Å². The lowest BCUT2D eigenvalue weighted by Gasteiger charge is -2.33. The first-order valence-corrected chi connectivity index (χ1v) is 8.22. The highest BCUT2D eigenvalue weighted by Gasteiger charge is 2.34. The van der Waals surface area contributed by atoms with Crippen LogP contribution < -0.4 is 10.2 Å². The lowest BCUT2D eigenvalue weighted by molar-refractivity contribution is -0.121. The van der Waals surface area contributed by atoms with Gasteiger partial charge in [0.05, 0.1) is 11.7 Å². The van der Waals surface area contributed by atoms with Gasteiger partial charge in [-0.2, -0.15) is 0 Å². The van der Waals surface area contributed by atoms with Gasteiger partial charge in [0.15, 0.2) is 0 Å². The fourth-order valence-corrected chi connectivity index (χ4v) is 3.26. The molecule has 3 rings (SSSR count). The van der Waals surface area contributed by atoms with E-state index >= 15 is 0 Å². The van der Waals surface area contributed by atoms with Gasteiger partial charge in [0.25, 0.3) is 0 Å². The molecule has 0 radical (unpaired) electrons. The summed E-state index contributed by atoms with van der Waals surface area (Å²) >= 11 is 1.70. The first kappa shape index (κ1) is 13.0. The van der Waals surface area contributed by atoms with Crippen molar-refractivity contribution in [3.05, 3.63) is 24.3 Å². The topological polar surface area (TPSA) is 32.3 Å². The average Bonchev–Trinajstić information content (AvgIpc) is 3.25. The maximum atomic E-state index is 12.6. The molecule has 0 spiro atoms. The normalized spacial score (nSPS) is 23.7. The molecule has 1 N–H and O–H groups in total. The van der Waals surface area contributed by atoms with Crippen LogP contribution in [0.3, 0.4) is 0 Å². The molecule has 0 bridgehead atoms. The Morgan fingerprint density at radius 3 is 2.79 bits per heavy atom.